The van der Waals surface area contributed by atoms with Gasteiger partial charge in [0.25, 0.3) is 0 Å². The van der Waals surface area contributed by atoms with E-state index in [0.29, 0.717) is 18.7 Å². The van der Waals surface area contributed by atoms with Gasteiger partial charge in [0.05, 0.1) is 0 Å². The van der Waals surface area contributed by atoms with E-state index >= 15 is 0 Å². The van der Waals surface area contributed by atoms with Crippen LogP contribution in [0.4, 0.5) is 0 Å². The Bertz CT molecular complexity index is 1090. The molecule has 0 saturated carbocycles. The first-order chi connectivity index (χ1) is 14.9. The highest BCUT2D eigenvalue weighted by atomic mass is 79.9. The quantitative estimate of drug-likeness (QED) is 0.533. The molecule has 2 aromatic carbocycles. The van der Waals surface area contributed by atoms with Crippen LogP contribution in [-0.4, -0.2) is 62.7 Å². The fourth-order valence-corrected chi connectivity index (χ4v) is 4.66. The molecule has 1 atom stereocenters. The molecular weight excluding hydrogens is 462 g/mol. The third-order valence-electron chi connectivity index (χ3n) is 5.73. The molecule has 0 radical (unpaired) electrons. The molecule has 0 aliphatic carbocycles. The van der Waals surface area contributed by atoms with Crippen molar-refractivity contribution < 1.29 is 19.8 Å². The summed E-state index contributed by atoms with van der Waals surface area (Å²) in [5, 5.41) is 20.1. The van der Waals surface area contributed by atoms with E-state index in [1.165, 1.54) is 5.56 Å². The van der Waals surface area contributed by atoms with Crippen LogP contribution in [-0.2, 0) is 22.7 Å². The van der Waals surface area contributed by atoms with Crippen molar-refractivity contribution in [3.05, 3.63) is 70.3 Å². The Morgan fingerprint density at radius 3 is 2.35 bits per heavy atom. The van der Waals surface area contributed by atoms with Crippen molar-refractivity contribution in [3.63, 3.8) is 0 Å². The number of nitrogens with zero attached hydrogens (tertiary/aromatic N) is 3. The summed E-state index contributed by atoms with van der Waals surface area (Å²) in [6.45, 7) is 3.44. The van der Waals surface area contributed by atoms with Crippen LogP contribution in [0.25, 0.3) is 10.9 Å². The van der Waals surface area contributed by atoms with Crippen molar-refractivity contribution in [3.8, 4) is 0 Å². The van der Waals surface area contributed by atoms with Gasteiger partial charge in [0, 0.05) is 59.9 Å². The number of rotatable bonds is 7. The fraction of sp³-hybridized carbons (Fsp3) is 0.304. The average molecular weight is 486 g/mol. The predicted molar refractivity (Wildman–Crippen MR) is 121 cm³/mol. The minimum atomic E-state index is -0.965. The molecule has 0 bridgehead atoms. The van der Waals surface area contributed by atoms with Crippen molar-refractivity contribution in [2.24, 2.45) is 0 Å². The molecule has 3 aromatic rings. The van der Waals surface area contributed by atoms with Gasteiger partial charge in [-0.05, 0) is 23.8 Å². The normalized spacial score (nSPS) is 16.4. The maximum atomic E-state index is 12.3. The molecule has 31 heavy (non-hydrogen) atoms. The van der Waals surface area contributed by atoms with Gasteiger partial charge in [-0.25, -0.2) is 0 Å². The van der Waals surface area contributed by atoms with Crippen molar-refractivity contribution >= 4 is 38.8 Å². The van der Waals surface area contributed by atoms with Crippen LogP contribution in [0.5, 0.6) is 0 Å². The van der Waals surface area contributed by atoms with E-state index in [9.17, 15) is 19.8 Å². The van der Waals surface area contributed by atoms with Crippen molar-refractivity contribution in [1.82, 2.24) is 14.4 Å². The Morgan fingerprint density at radius 2 is 1.71 bits per heavy atom. The Morgan fingerprint density at radius 1 is 1.00 bits per heavy atom. The summed E-state index contributed by atoms with van der Waals surface area (Å²) in [5.41, 5.74) is 2.59. The topological polar surface area (TPSA) is 86.0 Å². The number of carboxylic acid groups (broad SMARTS) is 2. The standard InChI is InChI=1S/C23H24BrN3O4/c24-17-6-7-20-18(12-17)19(14-27(20)15-21(28)29)22(23(30)31)26-10-8-25(9-11-26)13-16-4-2-1-3-5-16/h1-7,12,14,22H,8-11,13,15H2,(H,28,29)(H,30,31). The molecular formula is C23H24BrN3O4. The van der Waals surface area contributed by atoms with Crippen LogP contribution in [0.15, 0.2) is 59.2 Å². The third-order valence-corrected chi connectivity index (χ3v) is 6.22. The predicted octanol–water partition coefficient (Wildman–Crippen LogP) is 3.43. The zero-order valence-electron chi connectivity index (χ0n) is 16.9. The third kappa shape index (κ3) is 4.81. The SMILES string of the molecule is O=C(O)Cn1cc(C(C(=O)O)N2CCN(Cc3ccccc3)CC2)c2cc(Br)ccc21. The van der Waals surface area contributed by atoms with Gasteiger partial charge in [-0.15, -0.1) is 0 Å². The summed E-state index contributed by atoms with van der Waals surface area (Å²) in [5.74, 6) is -1.89. The smallest absolute Gasteiger partial charge is 0.325 e. The number of carbonyl (C=O) groups is 2. The highest BCUT2D eigenvalue weighted by molar-refractivity contribution is 9.10. The van der Waals surface area contributed by atoms with Gasteiger partial charge in [0.1, 0.15) is 12.6 Å². The molecule has 0 spiro atoms. The number of halogens is 1. The molecule has 4 rings (SSSR count). The Labute approximate surface area is 188 Å². The largest absolute Gasteiger partial charge is 0.480 e. The van der Waals surface area contributed by atoms with E-state index in [-0.39, 0.29) is 6.54 Å². The number of piperazine rings is 1. The Balaban J connectivity index is 1.58. The zero-order valence-corrected chi connectivity index (χ0v) is 18.5. The molecule has 1 saturated heterocycles. The van der Waals surface area contributed by atoms with Gasteiger partial charge in [-0.2, -0.15) is 0 Å². The van der Waals surface area contributed by atoms with Crippen LogP contribution < -0.4 is 0 Å². The number of carboxylic acids is 2. The van der Waals surface area contributed by atoms with E-state index in [1.54, 1.807) is 10.8 Å². The van der Waals surface area contributed by atoms with Crippen molar-refractivity contribution in [2.75, 3.05) is 26.2 Å². The summed E-state index contributed by atoms with van der Waals surface area (Å²) < 4.78 is 2.44. The van der Waals surface area contributed by atoms with Crippen LogP contribution in [0, 0.1) is 0 Å². The van der Waals surface area contributed by atoms with E-state index in [1.807, 2.05) is 41.3 Å². The van der Waals surface area contributed by atoms with Crippen LogP contribution >= 0.6 is 15.9 Å². The Hall–Kier alpha value is -2.68. The number of fused-ring (bicyclic) bond motifs is 1. The van der Waals surface area contributed by atoms with Crippen LogP contribution in [0.3, 0.4) is 0 Å². The monoisotopic (exact) mass is 485 g/mol. The summed E-state index contributed by atoms with van der Waals surface area (Å²) in [4.78, 5) is 28.0. The minimum Gasteiger partial charge on any atom is -0.480 e. The van der Waals surface area contributed by atoms with Gasteiger partial charge in [0.15, 0.2) is 0 Å². The number of aromatic nitrogens is 1. The number of benzene rings is 2. The van der Waals surface area contributed by atoms with E-state index in [0.717, 1.165) is 35.0 Å². The molecule has 1 aliphatic heterocycles. The van der Waals surface area contributed by atoms with Crippen molar-refractivity contribution in [2.45, 2.75) is 19.1 Å². The van der Waals surface area contributed by atoms with Gasteiger partial charge in [-0.3, -0.25) is 19.4 Å². The van der Waals surface area contributed by atoms with Crippen molar-refractivity contribution in [1.29, 1.82) is 0 Å². The lowest BCUT2D eigenvalue weighted by atomic mass is 10.0. The highest BCUT2D eigenvalue weighted by Crippen LogP contribution is 2.33. The molecule has 0 amide bonds. The highest BCUT2D eigenvalue weighted by Gasteiger charge is 2.33. The van der Waals surface area contributed by atoms with E-state index in [4.69, 9.17) is 0 Å². The fourth-order valence-electron chi connectivity index (χ4n) is 4.30. The van der Waals surface area contributed by atoms with Gasteiger partial charge in [0.2, 0.25) is 0 Å². The summed E-state index contributed by atoms with van der Waals surface area (Å²) in [7, 11) is 0. The lowest BCUT2D eigenvalue weighted by Crippen LogP contribution is -2.48. The van der Waals surface area contributed by atoms with Crippen LogP contribution in [0.2, 0.25) is 0 Å². The molecule has 1 fully saturated rings. The first-order valence-electron chi connectivity index (χ1n) is 10.2. The maximum Gasteiger partial charge on any atom is 0.325 e. The molecule has 1 aromatic heterocycles. The second kappa shape index (κ2) is 9.21. The average Bonchev–Trinajstić information content (AvgIpc) is 3.06. The molecule has 2 N–H and O–H groups in total. The first kappa shape index (κ1) is 21.5. The lowest BCUT2D eigenvalue weighted by Gasteiger charge is -2.37. The number of aliphatic carboxylic acids is 2. The van der Waals surface area contributed by atoms with Gasteiger partial charge in [-0.1, -0.05) is 46.3 Å². The summed E-state index contributed by atoms with van der Waals surface area (Å²) in [6.07, 6.45) is 1.68. The molecule has 2 heterocycles. The zero-order chi connectivity index (χ0) is 22.0. The second-order valence-electron chi connectivity index (χ2n) is 7.81. The lowest BCUT2D eigenvalue weighted by molar-refractivity contribution is -0.144. The van der Waals surface area contributed by atoms with E-state index in [2.05, 4.69) is 33.0 Å². The second-order valence-corrected chi connectivity index (χ2v) is 8.72. The Kier molecular flexibility index (Phi) is 6.41. The number of hydrogen-bond acceptors (Lipinski definition) is 4. The molecule has 7 nitrogen and oxygen atoms in total. The molecule has 1 aliphatic rings. The summed E-state index contributed by atoms with van der Waals surface area (Å²) >= 11 is 3.45. The minimum absolute atomic E-state index is 0.213. The number of hydrogen-bond donors (Lipinski definition) is 2. The molecule has 1 unspecified atom stereocenters. The molecule has 8 heteroatoms. The van der Waals surface area contributed by atoms with Gasteiger partial charge >= 0.3 is 11.9 Å². The first-order valence-corrected chi connectivity index (χ1v) is 10.9. The van der Waals surface area contributed by atoms with Gasteiger partial charge < -0.3 is 14.8 Å². The van der Waals surface area contributed by atoms with E-state index < -0.39 is 18.0 Å². The maximum absolute atomic E-state index is 12.3. The van der Waals surface area contributed by atoms with Crippen LogP contribution in [0.1, 0.15) is 17.2 Å². The summed E-state index contributed by atoms with van der Waals surface area (Å²) in [6, 6.07) is 14.9. The molecule has 162 valence electrons.